The Bertz CT molecular complexity index is 563. The molecule has 0 spiro atoms. The van der Waals surface area contributed by atoms with Gasteiger partial charge in [-0.05, 0) is 45.1 Å². The SMILES string of the molecule is CCOP(=O)(OCC)/C(C)=C(\C=C\c1ccco1)C(F)(F)F. The summed E-state index contributed by atoms with van der Waals surface area (Å²) in [5, 5.41) is -0.480. The van der Waals surface area contributed by atoms with Gasteiger partial charge in [-0.1, -0.05) is 0 Å². The van der Waals surface area contributed by atoms with E-state index in [4.69, 9.17) is 13.5 Å². The fraction of sp³-hybridized carbons (Fsp3) is 0.429. The van der Waals surface area contributed by atoms with E-state index in [0.29, 0.717) is 0 Å². The molecule has 0 atom stereocenters. The summed E-state index contributed by atoms with van der Waals surface area (Å²) in [6.45, 7) is 4.11. The van der Waals surface area contributed by atoms with Crippen LogP contribution in [0.2, 0.25) is 0 Å². The van der Waals surface area contributed by atoms with Crippen LogP contribution in [0.1, 0.15) is 26.5 Å². The van der Waals surface area contributed by atoms with Crippen LogP contribution < -0.4 is 0 Å². The van der Waals surface area contributed by atoms with E-state index in [2.05, 4.69) is 0 Å². The molecule has 1 rings (SSSR count). The van der Waals surface area contributed by atoms with Crippen LogP contribution in [0.5, 0.6) is 0 Å². The summed E-state index contributed by atoms with van der Waals surface area (Å²) < 4.78 is 67.1. The summed E-state index contributed by atoms with van der Waals surface area (Å²) in [4.78, 5) is 0. The van der Waals surface area contributed by atoms with Crippen molar-refractivity contribution in [1.29, 1.82) is 0 Å². The first-order valence-electron chi connectivity index (χ1n) is 6.64. The number of allylic oxidation sites excluding steroid dienone is 3. The molecule has 8 heteroatoms. The van der Waals surface area contributed by atoms with E-state index in [-0.39, 0.29) is 19.0 Å². The molecule has 0 saturated carbocycles. The third-order valence-electron chi connectivity index (χ3n) is 2.66. The predicted octanol–water partition coefficient (Wildman–Crippen LogP) is 5.40. The average molecular weight is 338 g/mol. The van der Waals surface area contributed by atoms with E-state index in [9.17, 15) is 17.7 Å². The zero-order valence-electron chi connectivity index (χ0n) is 12.5. The minimum atomic E-state index is -4.70. The summed E-state index contributed by atoms with van der Waals surface area (Å²) in [5.41, 5.74) is -1.07. The van der Waals surface area contributed by atoms with Gasteiger partial charge < -0.3 is 13.5 Å². The largest absolute Gasteiger partial charge is 0.465 e. The minimum Gasteiger partial charge on any atom is -0.465 e. The molecule has 0 amide bonds. The summed E-state index contributed by atoms with van der Waals surface area (Å²) >= 11 is 0. The van der Waals surface area contributed by atoms with Crippen molar-refractivity contribution >= 4 is 13.7 Å². The topological polar surface area (TPSA) is 48.7 Å². The second-order valence-electron chi connectivity index (χ2n) is 4.18. The number of halogens is 3. The van der Waals surface area contributed by atoms with E-state index in [1.54, 1.807) is 6.07 Å². The van der Waals surface area contributed by atoms with Gasteiger partial charge in [-0.25, -0.2) is 0 Å². The Morgan fingerprint density at radius 2 is 1.91 bits per heavy atom. The number of hydrogen-bond donors (Lipinski definition) is 0. The summed E-state index contributed by atoms with van der Waals surface area (Å²) in [6, 6.07) is 3.05. The highest BCUT2D eigenvalue weighted by Crippen LogP contribution is 2.58. The van der Waals surface area contributed by atoms with E-state index in [1.807, 2.05) is 0 Å². The maximum Gasteiger partial charge on any atom is 0.416 e. The van der Waals surface area contributed by atoms with Gasteiger partial charge >= 0.3 is 13.8 Å². The molecule has 0 unspecified atom stereocenters. The Balaban J connectivity index is 3.31. The van der Waals surface area contributed by atoms with E-state index >= 15 is 0 Å². The lowest BCUT2D eigenvalue weighted by Gasteiger charge is -2.21. The number of furan rings is 1. The van der Waals surface area contributed by atoms with Crippen LogP contribution in [0.3, 0.4) is 0 Å². The molecular formula is C14H18F3O4P. The molecule has 0 aliphatic rings. The lowest BCUT2D eigenvalue weighted by atomic mass is 10.2. The number of alkyl halides is 3. The summed E-state index contributed by atoms with van der Waals surface area (Å²) in [6.07, 6.45) is -1.40. The second-order valence-corrected chi connectivity index (χ2v) is 6.36. The Morgan fingerprint density at radius 3 is 2.32 bits per heavy atom. The van der Waals surface area contributed by atoms with Crippen LogP contribution in [0, 0.1) is 0 Å². The normalized spacial score (nSPS) is 14.5. The third-order valence-corrected chi connectivity index (χ3v) is 4.92. The average Bonchev–Trinajstić information content (AvgIpc) is 2.91. The quantitative estimate of drug-likeness (QED) is 0.494. The van der Waals surface area contributed by atoms with Crippen molar-refractivity contribution in [2.45, 2.75) is 26.9 Å². The van der Waals surface area contributed by atoms with Gasteiger partial charge in [-0.15, -0.1) is 0 Å². The van der Waals surface area contributed by atoms with Crippen LogP contribution in [0.4, 0.5) is 13.2 Å². The van der Waals surface area contributed by atoms with Crippen molar-refractivity contribution in [2.75, 3.05) is 13.2 Å². The van der Waals surface area contributed by atoms with E-state index < -0.39 is 24.7 Å². The molecule has 0 fully saturated rings. The van der Waals surface area contributed by atoms with Crippen LogP contribution in [0.25, 0.3) is 6.08 Å². The van der Waals surface area contributed by atoms with Crippen LogP contribution in [0.15, 0.2) is 39.8 Å². The lowest BCUT2D eigenvalue weighted by molar-refractivity contribution is -0.0887. The first-order chi connectivity index (χ1) is 10.2. The molecule has 0 aromatic carbocycles. The molecule has 0 N–H and O–H groups in total. The smallest absolute Gasteiger partial charge is 0.416 e. The molecule has 0 saturated heterocycles. The van der Waals surface area contributed by atoms with Crippen molar-refractivity contribution in [1.82, 2.24) is 0 Å². The van der Waals surface area contributed by atoms with Crippen molar-refractivity contribution in [3.63, 3.8) is 0 Å². The highest BCUT2D eigenvalue weighted by Gasteiger charge is 2.40. The fourth-order valence-electron chi connectivity index (χ4n) is 1.69. The van der Waals surface area contributed by atoms with Gasteiger partial charge in [-0.3, -0.25) is 4.57 Å². The van der Waals surface area contributed by atoms with Crippen LogP contribution in [-0.2, 0) is 13.6 Å². The molecule has 0 radical (unpaired) electrons. The Kier molecular flexibility index (Phi) is 6.66. The van der Waals surface area contributed by atoms with Gasteiger partial charge in [0.1, 0.15) is 5.76 Å². The first kappa shape index (κ1) is 18.7. The van der Waals surface area contributed by atoms with Crippen LogP contribution in [-0.4, -0.2) is 19.4 Å². The maximum atomic E-state index is 13.2. The molecule has 4 nitrogen and oxygen atoms in total. The molecule has 1 aromatic heterocycles. The van der Waals surface area contributed by atoms with Crippen molar-refractivity contribution < 1.29 is 31.2 Å². The molecule has 124 valence electrons. The first-order valence-corrected chi connectivity index (χ1v) is 8.18. The predicted molar refractivity (Wildman–Crippen MR) is 77.4 cm³/mol. The molecule has 0 bridgehead atoms. The molecule has 1 aromatic rings. The van der Waals surface area contributed by atoms with Gasteiger partial charge in [0.15, 0.2) is 0 Å². The zero-order chi connectivity index (χ0) is 16.8. The van der Waals surface area contributed by atoms with Gasteiger partial charge in [-0.2, -0.15) is 13.2 Å². The monoisotopic (exact) mass is 338 g/mol. The van der Waals surface area contributed by atoms with Gasteiger partial charge in [0, 0.05) is 0 Å². The minimum absolute atomic E-state index is 0.0261. The third kappa shape index (κ3) is 4.87. The fourth-order valence-corrected chi connectivity index (χ4v) is 3.33. The van der Waals surface area contributed by atoms with Crippen molar-refractivity contribution in [2.24, 2.45) is 0 Å². The van der Waals surface area contributed by atoms with Crippen molar-refractivity contribution in [3.05, 3.63) is 41.1 Å². The number of rotatable bonds is 7. The lowest BCUT2D eigenvalue weighted by Crippen LogP contribution is -2.13. The maximum absolute atomic E-state index is 13.2. The van der Waals surface area contributed by atoms with E-state index in [0.717, 1.165) is 19.1 Å². The van der Waals surface area contributed by atoms with Crippen molar-refractivity contribution in [3.8, 4) is 0 Å². The Morgan fingerprint density at radius 1 is 1.32 bits per heavy atom. The highest BCUT2D eigenvalue weighted by atomic mass is 31.2. The summed E-state index contributed by atoms with van der Waals surface area (Å²) in [5.74, 6) is 0.247. The molecule has 1 heterocycles. The second kappa shape index (κ2) is 7.81. The Labute approximate surface area is 127 Å². The Hall–Kier alpha value is -1.30. The zero-order valence-corrected chi connectivity index (χ0v) is 13.4. The summed E-state index contributed by atoms with van der Waals surface area (Å²) in [7, 11) is -3.99. The molecule has 0 aliphatic heterocycles. The highest BCUT2D eigenvalue weighted by molar-refractivity contribution is 7.58. The van der Waals surface area contributed by atoms with E-state index in [1.165, 1.54) is 26.2 Å². The van der Waals surface area contributed by atoms with Gasteiger partial charge in [0.2, 0.25) is 0 Å². The molecule has 22 heavy (non-hydrogen) atoms. The van der Waals surface area contributed by atoms with Gasteiger partial charge in [0.05, 0.1) is 30.4 Å². The molecular weight excluding hydrogens is 320 g/mol. The number of hydrogen-bond acceptors (Lipinski definition) is 4. The van der Waals surface area contributed by atoms with Crippen LogP contribution >= 0.6 is 7.60 Å². The standard InChI is InChI=1S/C14H18F3O4P/c1-4-20-22(18,21-5-2)11(3)13(14(15,16)17)9-8-12-7-6-10-19-12/h6-10H,4-5H2,1-3H3/b9-8+,13-11+. The molecule has 0 aliphatic carbocycles. The van der Waals surface area contributed by atoms with Gasteiger partial charge in [0.25, 0.3) is 0 Å².